The van der Waals surface area contributed by atoms with Crippen LogP contribution in [-0.4, -0.2) is 8.07 Å². The zero-order valence-electron chi connectivity index (χ0n) is 23.2. The summed E-state index contributed by atoms with van der Waals surface area (Å²) in [5.41, 5.74) is 15.1. The summed E-state index contributed by atoms with van der Waals surface area (Å²) >= 11 is 0. The molecule has 0 spiro atoms. The Balaban J connectivity index is 1.87. The second-order valence-electron chi connectivity index (χ2n) is 13.1. The minimum Gasteiger partial charge on any atom is -0.0867 e. The van der Waals surface area contributed by atoms with Crippen LogP contribution in [0.3, 0.4) is 0 Å². The van der Waals surface area contributed by atoms with Crippen molar-refractivity contribution in [3.63, 3.8) is 0 Å². The van der Waals surface area contributed by atoms with Gasteiger partial charge in [0.2, 0.25) is 0 Å². The summed E-state index contributed by atoms with van der Waals surface area (Å²) in [7, 11) is -1.45. The van der Waals surface area contributed by atoms with E-state index in [-0.39, 0.29) is 10.8 Å². The Hall–Kier alpha value is -2.64. The van der Waals surface area contributed by atoms with E-state index < -0.39 is 8.07 Å². The van der Waals surface area contributed by atoms with Crippen LogP contribution in [0.25, 0.3) is 11.1 Å². The SMILES string of the molecule is Cc1ccc(/C(=C/[Si](C)(C)C)c2ccc3c(c2)C(c2ccc(C(C)(C)C)cc2)=CCC3(C)C)cc1. The summed E-state index contributed by atoms with van der Waals surface area (Å²) in [6.07, 6.45) is 3.53. The highest BCUT2D eigenvalue weighted by Crippen LogP contribution is 2.43. The van der Waals surface area contributed by atoms with Gasteiger partial charge >= 0.3 is 0 Å². The highest BCUT2D eigenvalue weighted by atomic mass is 28.3. The van der Waals surface area contributed by atoms with Gasteiger partial charge in [-0.1, -0.05) is 132 Å². The van der Waals surface area contributed by atoms with Crippen molar-refractivity contribution in [2.75, 3.05) is 0 Å². The third-order valence-electron chi connectivity index (χ3n) is 7.17. The summed E-state index contributed by atoms with van der Waals surface area (Å²) < 4.78 is 0. The van der Waals surface area contributed by atoms with Crippen LogP contribution in [0, 0.1) is 6.92 Å². The van der Waals surface area contributed by atoms with Gasteiger partial charge in [-0.25, -0.2) is 0 Å². The third kappa shape index (κ3) is 5.62. The number of rotatable bonds is 4. The van der Waals surface area contributed by atoms with Crippen LogP contribution < -0.4 is 0 Å². The zero-order valence-corrected chi connectivity index (χ0v) is 24.2. The lowest BCUT2D eigenvalue weighted by atomic mass is 9.71. The minimum atomic E-state index is -1.45. The van der Waals surface area contributed by atoms with Crippen molar-refractivity contribution >= 4 is 19.2 Å². The van der Waals surface area contributed by atoms with E-state index in [1.54, 1.807) is 0 Å². The smallest absolute Gasteiger partial charge is 0.0695 e. The minimum absolute atomic E-state index is 0.134. The molecular formula is C34H42Si. The predicted molar refractivity (Wildman–Crippen MR) is 158 cm³/mol. The fraction of sp³-hybridized carbons (Fsp3) is 0.353. The molecule has 0 aliphatic heterocycles. The van der Waals surface area contributed by atoms with Crippen molar-refractivity contribution in [1.82, 2.24) is 0 Å². The number of benzene rings is 3. The summed E-state index contributed by atoms with van der Waals surface area (Å²) in [6, 6.07) is 25.5. The van der Waals surface area contributed by atoms with E-state index in [1.165, 1.54) is 50.1 Å². The third-order valence-corrected chi connectivity index (χ3v) is 8.32. The van der Waals surface area contributed by atoms with Gasteiger partial charge in [0.25, 0.3) is 0 Å². The van der Waals surface area contributed by atoms with Crippen molar-refractivity contribution in [2.24, 2.45) is 0 Å². The number of hydrogen-bond donors (Lipinski definition) is 0. The molecular weight excluding hydrogens is 436 g/mol. The molecule has 4 rings (SSSR count). The van der Waals surface area contributed by atoms with Gasteiger partial charge in [0, 0.05) is 0 Å². The molecule has 0 amide bonds. The second-order valence-corrected chi connectivity index (χ2v) is 18.1. The van der Waals surface area contributed by atoms with Crippen LogP contribution in [0.4, 0.5) is 0 Å². The van der Waals surface area contributed by atoms with Gasteiger partial charge in [0.05, 0.1) is 8.07 Å². The summed E-state index contributed by atoms with van der Waals surface area (Å²) in [5.74, 6) is 0. The van der Waals surface area contributed by atoms with E-state index in [1.807, 2.05) is 0 Å². The molecule has 0 bridgehead atoms. The average Bonchev–Trinajstić information content (AvgIpc) is 2.77. The molecule has 0 atom stereocenters. The van der Waals surface area contributed by atoms with Crippen LogP contribution >= 0.6 is 0 Å². The monoisotopic (exact) mass is 478 g/mol. The standard InChI is InChI=1S/C34H42Si/c1-24-10-12-26(13-11-24)31(23-35(7,8)9)27-16-19-32-30(22-27)29(20-21-34(32,5)6)25-14-17-28(18-15-25)33(2,3)4/h10-20,22-23H,21H2,1-9H3/b31-23-. The van der Waals surface area contributed by atoms with E-state index >= 15 is 0 Å². The maximum absolute atomic E-state index is 2.56. The van der Waals surface area contributed by atoms with Crippen LogP contribution in [0.1, 0.15) is 80.0 Å². The number of aryl methyl sites for hydroxylation is 1. The molecule has 1 heteroatoms. The van der Waals surface area contributed by atoms with E-state index in [9.17, 15) is 0 Å². The Labute approximate surface area is 214 Å². The molecule has 0 saturated carbocycles. The van der Waals surface area contributed by atoms with Gasteiger partial charge in [0.1, 0.15) is 0 Å². The molecule has 0 nitrogen and oxygen atoms in total. The first-order chi connectivity index (χ1) is 16.2. The van der Waals surface area contributed by atoms with Crippen LogP contribution in [0.5, 0.6) is 0 Å². The van der Waals surface area contributed by atoms with Crippen molar-refractivity contribution in [3.05, 3.63) is 117 Å². The van der Waals surface area contributed by atoms with E-state index in [0.29, 0.717) is 0 Å². The number of hydrogen-bond acceptors (Lipinski definition) is 0. The lowest BCUT2D eigenvalue weighted by Crippen LogP contribution is -2.22. The Bertz CT molecular complexity index is 1270. The van der Waals surface area contributed by atoms with Crippen LogP contribution in [0.15, 0.2) is 78.5 Å². The number of fused-ring (bicyclic) bond motifs is 1. The molecule has 1 aliphatic carbocycles. The van der Waals surface area contributed by atoms with Crippen LogP contribution in [0.2, 0.25) is 19.6 Å². The van der Waals surface area contributed by atoms with Gasteiger partial charge in [-0.05, 0) is 74.8 Å². The van der Waals surface area contributed by atoms with Gasteiger partial charge < -0.3 is 0 Å². The largest absolute Gasteiger partial charge is 0.0867 e. The number of allylic oxidation sites excluding steroid dienone is 1. The molecule has 0 unspecified atom stereocenters. The Morgan fingerprint density at radius 3 is 2.00 bits per heavy atom. The lowest BCUT2D eigenvalue weighted by molar-refractivity contribution is 0.527. The second kappa shape index (κ2) is 9.10. The van der Waals surface area contributed by atoms with Crippen LogP contribution in [-0.2, 0) is 10.8 Å². The normalized spacial score (nSPS) is 16.0. The van der Waals surface area contributed by atoms with Crippen molar-refractivity contribution in [3.8, 4) is 0 Å². The Morgan fingerprint density at radius 2 is 1.43 bits per heavy atom. The molecule has 0 fully saturated rings. The molecule has 0 heterocycles. The first kappa shape index (κ1) is 25.4. The molecule has 1 aliphatic rings. The fourth-order valence-electron chi connectivity index (χ4n) is 5.02. The lowest BCUT2D eigenvalue weighted by Gasteiger charge is -2.33. The topological polar surface area (TPSA) is 0 Å². The fourth-order valence-corrected chi connectivity index (χ4v) is 6.22. The molecule has 3 aromatic carbocycles. The summed E-state index contributed by atoms with van der Waals surface area (Å²) in [6.45, 7) is 21.0. The molecule has 0 radical (unpaired) electrons. The molecule has 3 aromatic rings. The summed E-state index contributed by atoms with van der Waals surface area (Å²) in [5, 5.41) is 0. The predicted octanol–water partition coefficient (Wildman–Crippen LogP) is 9.71. The maximum atomic E-state index is 2.56. The Morgan fingerprint density at radius 1 is 0.829 bits per heavy atom. The van der Waals surface area contributed by atoms with E-state index in [0.717, 1.165) is 6.42 Å². The van der Waals surface area contributed by atoms with Gasteiger partial charge in [-0.15, -0.1) is 0 Å². The molecule has 182 valence electrons. The molecule has 0 saturated heterocycles. The zero-order chi connectivity index (χ0) is 25.6. The first-order valence-electron chi connectivity index (χ1n) is 13.0. The average molecular weight is 479 g/mol. The molecule has 0 N–H and O–H groups in total. The highest BCUT2D eigenvalue weighted by Gasteiger charge is 2.29. The summed E-state index contributed by atoms with van der Waals surface area (Å²) in [4.78, 5) is 0. The van der Waals surface area contributed by atoms with E-state index in [2.05, 4.69) is 140 Å². The van der Waals surface area contributed by atoms with Gasteiger partial charge in [0.15, 0.2) is 0 Å². The van der Waals surface area contributed by atoms with Gasteiger partial charge in [-0.3, -0.25) is 0 Å². The van der Waals surface area contributed by atoms with E-state index in [4.69, 9.17) is 0 Å². The maximum Gasteiger partial charge on any atom is 0.0695 e. The molecule has 35 heavy (non-hydrogen) atoms. The van der Waals surface area contributed by atoms with Crippen molar-refractivity contribution in [2.45, 2.75) is 78.4 Å². The quantitative estimate of drug-likeness (QED) is 0.327. The van der Waals surface area contributed by atoms with Crippen molar-refractivity contribution < 1.29 is 0 Å². The molecule has 0 aromatic heterocycles. The first-order valence-corrected chi connectivity index (χ1v) is 16.6. The Kier molecular flexibility index (Phi) is 6.62. The van der Waals surface area contributed by atoms with Gasteiger partial charge in [-0.2, -0.15) is 0 Å². The van der Waals surface area contributed by atoms with Crippen molar-refractivity contribution in [1.29, 1.82) is 0 Å². The highest BCUT2D eigenvalue weighted by molar-refractivity contribution is 6.81.